The molecule has 0 amide bonds. The van der Waals surface area contributed by atoms with E-state index in [1.54, 1.807) is 0 Å². The minimum Gasteiger partial charge on any atom is -0.478 e. The van der Waals surface area contributed by atoms with Gasteiger partial charge in [0.1, 0.15) is 0 Å². The fraction of sp³-hybridized carbons (Fsp3) is 0.333. The molecule has 0 aromatic carbocycles. The van der Waals surface area contributed by atoms with Gasteiger partial charge in [-0.1, -0.05) is 6.92 Å². The number of terminal acetylenes is 1. The van der Waals surface area contributed by atoms with E-state index >= 15 is 0 Å². The Balaban J connectivity index is 2.87. The molecular formula is C12H14N2O2. The Kier molecular flexibility index (Phi) is 4.34. The highest BCUT2D eigenvalue weighted by Gasteiger charge is 2.12. The summed E-state index contributed by atoms with van der Waals surface area (Å²) in [5.41, 5.74) is 0.725. The number of aromatic nitrogens is 1. The van der Waals surface area contributed by atoms with E-state index < -0.39 is 5.97 Å². The lowest BCUT2D eigenvalue weighted by Crippen LogP contribution is -2.19. The van der Waals surface area contributed by atoms with Crippen molar-refractivity contribution < 1.29 is 9.90 Å². The smallest absolute Gasteiger partial charge is 0.337 e. The molecule has 1 atom stereocenters. The van der Waals surface area contributed by atoms with Crippen molar-refractivity contribution in [2.24, 2.45) is 0 Å². The summed E-state index contributed by atoms with van der Waals surface area (Å²) in [7, 11) is 0. The highest BCUT2D eigenvalue weighted by atomic mass is 16.4. The molecule has 0 saturated carbocycles. The molecule has 0 bridgehead atoms. The Bertz CT molecular complexity index is 410. The molecule has 1 rings (SSSR count). The first-order valence-electron chi connectivity index (χ1n) is 5.06. The van der Waals surface area contributed by atoms with Crippen molar-refractivity contribution in [2.75, 3.05) is 5.32 Å². The van der Waals surface area contributed by atoms with Crippen molar-refractivity contribution >= 4 is 11.7 Å². The fourth-order valence-corrected chi connectivity index (χ4v) is 1.36. The minimum atomic E-state index is -0.972. The Hall–Kier alpha value is -2.02. The standard InChI is InChI=1S/C12H14N2O2/c1-3-5-9(4-2)14-11-8-13-7-6-10(11)12(15)16/h1,6-9,14H,4-5H2,2H3,(H,15,16). The number of rotatable bonds is 5. The first-order chi connectivity index (χ1) is 7.69. The molecule has 1 unspecified atom stereocenters. The quantitative estimate of drug-likeness (QED) is 0.742. The Morgan fingerprint density at radius 2 is 2.50 bits per heavy atom. The van der Waals surface area contributed by atoms with Crippen molar-refractivity contribution in [3.8, 4) is 12.3 Å². The molecule has 1 heterocycles. The number of carboxylic acids is 1. The van der Waals surface area contributed by atoms with E-state index in [1.165, 1.54) is 18.5 Å². The summed E-state index contributed by atoms with van der Waals surface area (Å²) < 4.78 is 0. The maximum absolute atomic E-state index is 10.9. The summed E-state index contributed by atoms with van der Waals surface area (Å²) >= 11 is 0. The first kappa shape index (κ1) is 12.1. The summed E-state index contributed by atoms with van der Waals surface area (Å²) in [6, 6.07) is 1.54. The Morgan fingerprint density at radius 1 is 1.75 bits per heavy atom. The van der Waals surface area contributed by atoms with Crippen LogP contribution in [0.15, 0.2) is 18.5 Å². The highest BCUT2D eigenvalue weighted by Crippen LogP contribution is 2.16. The summed E-state index contributed by atoms with van der Waals surface area (Å²) in [4.78, 5) is 14.8. The maximum Gasteiger partial charge on any atom is 0.337 e. The van der Waals surface area contributed by atoms with E-state index in [4.69, 9.17) is 11.5 Å². The number of anilines is 1. The fourth-order valence-electron chi connectivity index (χ4n) is 1.36. The molecule has 0 aliphatic carbocycles. The third kappa shape index (κ3) is 2.99. The van der Waals surface area contributed by atoms with Crippen molar-refractivity contribution in [1.82, 2.24) is 4.98 Å². The molecule has 1 aromatic heterocycles. The van der Waals surface area contributed by atoms with E-state index in [-0.39, 0.29) is 11.6 Å². The van der Waals surface area contributed by atoms with Crippen LogP contribution in [-0.2, 0) is 0 Å². The van der Waals surface area contributed by atoms with Gasteiger partial charge in [0.05, 0.1) is 17.4 Å². The van der Waals surface area contributed by atoms with Gasteiger partial charge in [0.2, 0.25) is 0 Å². The molecule has 0 radical (unpaired) electrons. The number of hydrogen-bond acceptors (Lipinski definition) is 3. The van der Waals surface area contributed by atoms with Crippen molar-refractivity contribution in [3.63, 3.8) is 0 Å². The van der Waals surface area contributed by atoms with Gasteiger partial charge in [0.15, 0.2) is 0 Å². The first-order valence-corrected chi connectivity index (χ1v) is 5.06. The average molecular weight is 218 g/mol. The number of carboxylic acid groups (broad SMARTS) is 1. The van der Waals surface area contributed by atoms with Gasteiger partial charge in [0.25, 0.3) is 0 Å². The zero-order chi connectivity index (χ0) is 12.0. The largest absolute Gasteiger partial charge is 0.478 e. The van der Waals surface area contributed by atoms with E-state index in [2.05, 4.69) is 16.2 Å². The second-order valence-electron chi connectivity index (χ2n) is 3.38. The lowest BCUT2D eigenvalue weighted by Gasteiger charge is -2.16. The van der Waals surface area contributed by atoms with Crippen LogP contribution < -0.4 is 5.32 Å². The van der Waals surface area contributed by atoms with Crippen LogP contribution in [0.1, 0.15) is 30.1 Å². The zero-order valence-corrected chi connectivity index (χ0v) is 9.10. The van der Waals surface area contributed by atoms with Crippen LogP contribution in [0.5, 0.6) is 0 Å². The summed E-state index contributed by atoms with van der Waals surface area (Å²) in [5.74, 6) is 1.59. The number of nitrogens with one attached hydrogen (secondary N) is 1. The molecule has 0 aliphatic rings. The highest BCUT2D eigenvalue weighted by molar-refractivity contribution is 5.93. The Morgan fingerprint density at radius 3 is 3.06 bits per heavy atom. The van der Waals surface area contributed by atoms with Crippen LogP contribution in [0.2, 0.25) is 0 Å². The van der Waals surface area contributed by atoms with E-state index in [1.807, 2.05) is 6.92 Å². The minimum absolute atomic E-state index is 0.0762. The predicted molar refractivity (Wildman–Crippen MR) is 62.3 cm³/mol. The molecular weight excluding hydrogens is 204 g/mol. The molecule has 0 fully saturated rings. The zero-order valence-electron chi connectivity index (χ0n) is 9.10. The number of hydrogen-bond donors (Lipinski definition) is 2. The normalized spacial score (nSPS) is 11.5. The topological polar surface area (TPSA) is 62.2 Å². The van der Waals surface area contributed by atoms with E-state index in [9.17, 15) is 4.79 Å². The van der Waals surface area contributed by atoms with Gasteiger partial charge >= 0.3 is 5.97 Å². The second-order valence-corrected chi connectivity index (χ2v) is 3.38. The lowest BCUT2D eigenvalue weighted by molar-refractivity contribution is 0.0698. The van der Waals surface area contributed by atoms with Crippen molar-refractivity contribution in [1.29, 1.82) is 0 Å². The summed E-state index contributed by atoms with van der Waals surface area (Å²) in [6.07, 6.45) is 9.58. The number of carbonyl (C=O) groups is 1. The molecule has 1 aromatic rings. The van der Waals surface area contributed by atoms with Gasteiger partial charge in [-0.25, -0.2) is 4.79 Å². The Labute approximate surface area is 94.7 Å². The van der Waals surface area contributed by atoms with Crippen molar-refractivity contribution in [2.45, 2.75) is 25.8 Å². The van der Waals surface area contributed by atoms with Crippen LogP contribution in [0, 0.1) is 12.3 Å². The van der Waals surface area contributed by atoms with Crippen molar-refractivity contribution in [3.05, 3.63) is 24.0 Å². The van der Waals surface area contributed by atoms with Crippen LogP contribution in [0.3, 0.4) is 0 Å². The second kappa shape index (κ2) is 5.76. The van der Waals surface area contributed by atoms with Gasteiger partial charge in [-0.15, -0.1) is 12.3 Å². The van der Waals surface area contributed by atoms with Gasteiger partial charge in [0, 0.05) is 18.7 Å². The molecule has 0 aliphatic heterocycles. The molecule has 2 N–H and O–H groups in total. The SMILES string of the molecule is C#CCC(CC)Nc1cnccc1C(=O)O. The maximum atomic E-state index is 10.9. The van der Waals surface area contributed by atoms with Crippen LogP contribution in [0.4, 0.5) is 5.69 Å². The lowest BCUT2D eigenvalue weighted by atomic mass is 10.1. The number of pyridine rings is 1. The number of nitrogens with zero attached hydrogens (tertiary/aromatic N) is 1. The van der Waals surface area contributed by atoms with Gasteiger partial charge in [-0.05, 0) is 12.5 Å². The third-order valence-electron chi connectivity index (χ3n) is 2.27. The molecule has 16 heavy (non-hydrogen) atoms. The molecule has 0 spiro atoms. The molecule has 84 valence electrons. The molecule has 4 heteroatoms. The van der Waals surface area contributed by atoms with Gasteiger partial charge in [-0.3, -0.25) is 4.98 Å². The molecule has 0 saturated heterocycles. The monoisotopic (exact) mass is 218 g/mol. The predicted octanol–water partition coefficient (Wildman–Crippen LogP) is 1.99. The third-order valence-corrected chi connectivity index (χ3v) is 2.27. The van der Waals surface area contributed by atoms with E-state index in [0.717, 1.165) is 6.42 Å². The number of aromatic carboxylic acids is 1. The van der Waals surface area contributed by atoms with E-state index in [0.29, 0.717) is 12.1 Å². The van der Waals surface area contributed by atoms with Crippen LogP contribution in [0.25, 0.3) is 0 Å². The van der Waals surface area contributed by atoms with Crippen LogP contribution >= 0.6 is 0 Å². The molecule has 4 nitrogen and oxygen atoms in total. The summed E-state index contributed by atoms with van der Waals surface area (Å²) in [5, 5.41) is 12.1. The average Bonchev–Trinajstić information content (AvgIpc) is 2.29. The van der Waals surface area contributed by atoms with Gasteiger partial charge < -0.3 is 10.4 Å². The summed E-state index contributed by atoms with van der Waals surface area (Å²) in [6.45, 7) is 1.99. The van der Waals surface area contributed by atoms with Crippen LogP contribution in [-0.4, -0.2) is 22.1 Å². The van der Waals surface area contributed by atoms with Gasteiger partial charge in [-0.2, -0.15) is 0 Å².